The lowest BCUT2D eigenvalue weighted by molar-refractivity contribution is -0.130. The van der Waals surface area contributed by atoms with Crippen LogP contribution in [0, 0.1) is 0 Å². The number of amides is 1. The molecule has 1 atom stereocenters. The van der Waals surface area contributed by atoms with Gasteiger partial charge < -0.3 is 4.74 Å². The van der Waals surface area contributed by atoms with E-state index in [1.165, 1.54) is 0 Å². The Hall–Kier alpha value is -2.66. The number of methoxy groups -OCH3 is 1. The molecule has 126 valence electrons. The molecule has 25 heavy (non-hydrogen) atoms. The third kappa shape index (κ3) is 2.70. The van der Waals surface area contributed by atoms with Gasteiger partial charge in [-0.1, -0.05) is 36.4 Å². The molecule has 1 aromatic heterocycles. The minimum absolute atomic E-state index is 0.0634. The van der Waals surface area contributed by atoms with Crippen LogP contribution < -0.4 is 4.74 Å². The monoisotopic (exact) mass is 350 g/mol. The summed E-state index contributed by atoms with van der Waals surface area (Å²) in [4.78, 5) is 13.4. The Kier molecular flexibility index (Phi) is 4.01. The van der Waals surface area contributed by atoms with Crippen LogP contribution >= 0.6 is 11.3 Å². The van der Waals surface area contributed by atoms with Gasteiger partial charge in [0, 0.05) is 18.9 Å². The topological polar surface area (TPSA) is 41.9 Å². The maximum atomic E-state index is 12.3. The number of hydrazone groups is 1. The highest BCUT2D eigenvalue weighted by atomic mass is 32.1. The fourth-order valence-electron chi connectivity index (χ4n) is 3.41. The van der Waals surface area contributed by atoms with Crippen molar-refractivity contribution < 1.29 is 9.53 Å². The standard InChI is InChI=1S/C20H18N2O2S/c1-13(23)22-17(12-16(21-22)19-8-5-11-25-19)20-15-7-4-3-6-14(15)9-10-18(20)24-2/h3-11,17H,12H2,1-2H3/t17-/m0/s1. The van der Waals surface area contributed by atoms with E-state index in [0.29, 0.717) is 6.42 Å². The average Bonchev–Trinajstić information content (AvgIpc) is 3.30. The quantitative estimate of drug-likeness (QED) is 0.692. The number of rotatable bonds is 3. The lowest BCUT2D eigenvalue weighted by Gasteiger charge is -2.24. The van der Waals surface area contributed by atoms with Crippen molar-refractivity contribution in [2.45, 2.75) is 19.4 Å². The zero-order chi connectivity index (χ0) is 17.4. The molecule has 1 aliphatic rings. The van der Waals surface area contributed by atoms with Crippen LogP contribution in [-0.4, -0.2) is 23.7 Å². The van der Waals surface area contributed by atoms with Crippen LogP contribution in [0.15, 0.2) is 59.0 Å². The van der Waals surface area contributed by atoms with E-state index in [4.69, 9.17) is 4.74 Å². The zero-order valence-corrected chi connectivity index (χ0v) is 14.9. The van der Waals surface area contributed by atoms with Crippen LogP contribution in [-0.2, 0) is 4.79 Å². The highest BCUT2D eigenvalue weighted by molar-refractivity contribution is 7.12. The van der Waals surface area contributed by atoms with Gasteiger partial charge in [-0.05, 0) is 28.3 Å². The van der Waals surface area contributed by atoms with E-state index in [9.17, 15) is 4.79 Å². The molecule has 4 nitrogen and oxygen atoms in total. The Morgan fingerprint density at radius 3 is 2.76 bits per heavy atom. The predicted molar refractivity (Wildman–Crippen MR) is 101 cm³/mol. The number of fused-ring (bicyclic) bond motifs is 1. The van der Waals surface area contributed by atoms with Crippen molar-refractivity contribution in [3.63, 3.8) is 0 Å². The highest BCUT2D eigenvalue weighted by Crippen LogP contribution is 2.41. The summed E-state index contributed by atoms with van der Waals surface area (Å²) in [5.74, 6) is 0.726. The van der Waals surface area contributed by atoms with E-state index >= 15 is 0 Å². The molecule has 5 heteroatoms. The van der Waals surface area contributed by atoms with E-state index in [1.54, 1.807) is 30.4 Å². The summed E-state index contributed by atoms with van der Waals surface area (Å²) in [6.45, 7) is 1.56. The second-order valence-electron chi connectivity index (χ2n) is 6.01. The van der Waals surface area contributed by atoms with Crippen molar-refractivity contribution in [1.82, 2.24) is 5.01 Å². The van der Waals surface area contributed by atoms with Gasteiger partial charge in [-0.2, -0.15) is 5.10 Å². The van der Waals surface area contributed by atoms with Gasteiger partial charge in [-0.3, -0.25) is 4.79 Å². The van der Waals surface area contributed by atoms with E-state index in [1.807, 2.05) is 41.8 Å². The number of hydrogen-bond acceptors (Lipinski definition) is 4. The minimum atomic E-state index is -0.157. The maximum absolute atomic E-state index is 12.3. The Morgan fingerprint density at radius 2 is 2.04 bits per heavy atom. The summed E-state index contributed by atoms with van der Waals surface area (Å²) in [5, 5.41) is 10.5. The number of carbonyl (C=O) groups excluding carboxylic acids is 1. The van der Waals surface area contributed by atoms with Crippen LogP contribution in [0.1, 0.15) is 29.8 Å². The number of thiophene rings is 1. The molecule has 3 aromatic rings. The van der Waals surface area contributed by atoms with Gasteiger partial charge in [-0.15, -0.1) is 11.3 Å². The summed E-state index contributed by atoms with van der Waals surface area (Å²) in [6.07, 6.45) is 0.685. The predicted octanol–water partition coefficient (Wildman–Crippen LogP) is 4.61. The second-order valence-corrected chi connectivity index (χ2v) is 6.96. The number of hydrogen-bond donors (Lipinski definition) is 0. The first kappa shape index (κ1) is 15.8. The molecule has 0 saturated heterocycles. The Labute approximate surface area is 150 Å². The average molecular weight is 350 g/mol. The molecule has 0 radical (unpaired) electrons. The first-order valence-electron chi connectivity index (χ1n) is 8.16. The molecule has 1 aliphatic heterocycles. The van der Waals surface area contributed by atoms with Gasteiger partial charge in [0.2, 0.25) is 5.91 Å². The second kappa shape index (κ2) is 6.33. The smallest absolute Gasteiger partial charge is 0.240 e. The van der Waals surface area contributed by atoms with E-state index in [0.717, 1.165) is 32.7 Å². The van der Waals surface area contributed by atoms with Crippen LogP contribution in [0.5, 0.6) is 5.75 Å². The molecule has 2 aromatic carbocycles. The minimum Gasteiger partial charge on any atom is -0.496 e. The molecule has 2 heterocycles. The molecule has 0 N–H and O–H groups in total. The van der Waals surface area contributed by atoms with Crippen molar-refractivity contribution in [2.75, 3.05) is 7.11 Å². The van der Waals surface area contributed by atoms with Gasteiger partial charge in [0.05, 0.1) is 23.7 Å². The molecule has 0 aliphatic carbocycles. The fourth-order valence-corrected chi connectivity index (χ4v) is 4.14. The van der Waals surface area contributed by atoms with E-state index in [-0.39, 0.29) is 11.9 Å². The normalized spacial score (nSPS) is 17.0. The first-order chi connectivity index (χ1) is 12.2. The summed E-state index contributed by atoms with van der Waals surface area (Å²) in [5.41, 5.74) is 1.97. The molecule has 0 unspecified atom stereocenters. The van der Waals surface area contributed by atoms with Crippen LogP contribution in [0.3, 0.4) is 0 Å². The number of ether oxygens (including phenoxy) is 1. The Morgan fingerprint density at radius 1 is 1.20 bits per heavy atom. The molecule has 0 fully saturated rings. The van der Waals surface area contributed by atoms with E-state index < -0.39 is 0 Å². The molecular weight excluding hydrogens is 332 g/mol. The number of nitrogens with zero attached hydrogens (tertiary/aromatic N) is 2. The van der Waals surface area contributed by atoms with Gasteiger partial charge in [0.1, 0.15) is 5.75 Å². The van der Waals surface area contributed by atoms with Crippen molar-refractivity contribution in [3.05, 3.63) is 64.4 Å². The Balaban J connectivity index is 1.86. The molecule has 0 spiro atoms. The van der Waals surface area contributed by atoms with Crippen LogP contribution in [0.25, 0.3) is 10.8 Å². The number of carbonyl (C=O) groups is 1. The third-order valence-electron chi connectivity index (χ3n) is 4.52. The highest BCUT2D eigenvalue weighted by Gasteiger charge is 2.34. The largest absolute Gasteiger partial charge is 0.496 e. The van der Waals surface area contributed by atoms with Gasteiger partial charge in [0.15, 0.2) is 0 Å². The lowest BCUT2D eigenvalue weighted by atomic mass is 9.94. The van der Waals surface area contributed by atoms with Gasteiger partial charge >= 0.3 is 0 Å². The van der Waals surface area contributed by atoms with Crippen molar-refractivity contribution >= 4 is 33.7 Å². The SMILES string of the molecule is COc1ccc2ccccc2c1[C@@H]1CC(c2cccs2)=NN1C(C)=O. The maximum Gasteiger partial charge on any atom is 0.240 e. The van der Waals surface area contributed by atoms with E-state index in [2.05, 4.69) is 17.2 Å². The molecule has 0 saturated carbocycles. The third-order valence-corrected chi connectivity index (χ3v) is 5.44. The van der Waals surface area contributed by atoms with Crippen molar-refractivity contribution in [3.8, 4) is 5.75 Å². The van der Waals surface area contributed by atoms with Gasteiger partial charge in [0.25, 0.3) is 0 Å². The Bertz CT molecular complexity index is 963. The lowest BCUT2D eigenvalue weighted by Crippen LogP contribution is -2.25. The van der Waals surface area contributed by atoms with Crippen molar-refractivity contribution in [1.29, 1.82) is 0 Å². The summed E-state index contributed by atoms with van der Waals surface area (Å²) < 4.78 is 5.63. The summed E-state index contributed by atoms with van der Waals surface area (Å²) in [7, 11) is 1.67. The summed E-state index contributed by atoms with van der Waals surface area (Å²) >= 11 is 1.64. The zero-order valence-electron chi connectivity index (χ0n) is 14.1. The molecule has 4 rings (SSSR count). The fraction of sp³-hybridized carbons (Fsp3) is 0.200. The first-order valence-corrected chi connectivity index (χ1v) is 9.04. The van der Waals surface area contributed by atoms with Crippen molar-refractivity contribution in [2.24, 2.45) is 5.10 Å². The van der Waals surface area contributed by atoms with Crippen LogP contribution in [0.4, 0.5) is 0 Å². The number of benzene rings is 2. The summed E-state index contributed by atoms with van der Waals surface area (Å²) in [6, 6.07) is 16.1. The van der Waals surface area contributed by atoms with Gasteiger partial charge in [-0.25, -0.2) is 5.01 Å². The molecular formula is C20H18N2O2S. The molecule has 1 amide bonds. The molecule has 0 bridgehead atoms. The van der Waals surface area contributed by atoms with Crippen LogP contribution in [0.2, 0.25) is 0 Å².